The van der Waals surface area contributed by atoms with Gasteiger partial charge in [0.2, 0.25) is 5.91 Å². The molecule has 0 N–H and O–H groups in total. The summed E-state index contributed by atoms with van der Waals surface area (Å²) in [6, 6.07) is 3.12. The zero-order chi connectivity index (χ0) is 14.8. The largest absolute Gasteiger partial charge is 0.342 e. The molecule has 1 unspecified atom stereocenters. The maximum atomic E-state index is 12.2. The molecule has 0 aromatic carbocycles. The second kappa shape index (κ2) is 6.45. The van der Waals surface area contributed by atoms with Gasteiger partial charge in [-0.3, -0.25) is 4.79 Å². The van der Waals surface area contributed by atoms with Crippen molar-refractivity contribution in [2.45, 2.75) is 36.8 Å². The number of carbonyl (C=O) groups excluding carboxylic acids is 1. The first kappa shape index (κ1) is 15.8. The third kappa shape index (κ3) is 3.96. The number of thiophene rings is 1. The van der Waals surface area contributed by atoms with E-state index in [0.717, 1.165) is 48.6 Å². The smallest absolute Gasteiger partial charge is 0.270 e. The summed E-state index contributed by atoms with van der Waals surface area (Å²) in [5, 5.41) is 0. The van der Waals surface area contributed by atoms with Crippen molar-refractivity contribution in [2.75, 3.05) is 13.1 Å². The van der Waals surface area contributed by atoms with E-state index in [1.807, 2.05) is 4.90 Å². The van der Waals surface area contributed by atoms with Crippen molar-refractivity contribution in [2.24, 2.45) is 5.92 Å². The van der Waals surface area contributed by atoms with Crippen LogP contribution in [-0.2, 0) is 20.3 Å². The summed E-state index contributed by atoms with van der Waals surface area (Å²) in [5.41, 5.74) is 0. The minimum absolute atomic E-state index is 0.0731. The minimum atomic E-state index is -3.69. The van der Waals surface area contributed by atoms with Gasteiger partial charge in [-0.15, -0.1) is 11.3 Å². The molecular weight excluding hydrogens is 318 g/mol. The molecule has 0 spiro atoms. The van der Waals surface area contributed by atoms with Gasteiger partial charge >= 0.3 is 0 Å². The summed E-state index contributed by atoms with van der Waals surface area (Å²) in [7, 11) is 1.59. The molecule has 1 aliphatic rings. The van der Waals surface area contributed by atoms with Gasteiger partial charge in [-0.2, -0.15) is 0 Å². The lowest BCUT2D eigenvalue weighted by Crippen LogP contribution is -2.29. The van der Waals surface area contributed by atoms with E-state index in [1.165, 1.54) is 6.07 Å². The van der Waals surface area contributed by atoms with E-state index in [4.69, 9.17) is 10.7 Å². The number of halogens is 1. The Morgan fingerprint density at radius 1 is 1.50 bits per heavy atom. The van der Waals surface area contributed by atoms with Crippen LogP contribution in [0.3, 0.4) is 0 Å². The number of hydrogen-bond donors (Lipinski definition) is 0. The highest BCUT2D eigenvalue weighted by molar-refractivity contribution is 8.15. The van der Waals surface area contributed by atoms with Crippen LogP contribution in [0.25, 0.3) is 0 Å². The zero-order valence-electron chi connectivity index (χ0n) is 11.3. The second-order valence-corrected chi connectivity index (χ2v) is 9.08. The molecule has 0 radical (unpaired) electrons. The lowest BCUT2D eigenvalue weighted by Gasteiger charge is -2.15. The van der Waals surface area contributed by atoms with Crippen LogP contribution >= 0.6 is 22.0 Å². The van der Waals surface area contributed by atoms with Crippen LogP contribution in [-0.4, -0.2) is 32.3 Å². The van der Waals surface area contributed by atoms with Gasteiger partial charge in [0.1, 0.15) is 4.21 Å². The predicted octanol–water partition coefficient (Wildman–Crippen LogP) is 2.87. The summed E-state index contributed by atoms with van der Waals surface area (Å²) < 4.78 is 22.5. The third-order valence-corrected chi connectivity index (χ3v) is 6.72. The molecule has 1 fully saturated rings. The molecule has 7 heteroatoms. The van der Waals surface area contributed by atoms with Crippen LogP contribution < -0.4 is 0 Å². The minimum Gasteiger partial charge on any atom is -0.342 e. The van der Waals surface area contributed by atoms with E-state index >= 15 is 0 Å². The van der Waals surface area contributed by atoms with Gasteiger partial charge in [0.15, 0.2) is 0 Å². The first-order chi connectivity index (χ1) is 9.40. The number of hydrogen-bond acceptors (Lipinski definition) is 4. The van der Waals surface area contributed by atoms with Crippen molar-refractivity contribution in [3.63, 3.8) is 0 Å². The van der Waals surface area contributed by atoms with Gasteiger partial charge in [-0.05, 0) is 30.9 Å². The topological polar surface area (TPSA) is 54.5 Å². The van der Waals surface area contributed by atoms with E-state index < -0.39 is 9.05 Å². The average Bonchev–Trinajstić information content (AvgIpc) is 2.97. The fourth-order valence-corrected chi connectivity index (χ4v) is 4.66. The summed E-state index contributed by atoms with van der Waals surface area (Å²) in [6.45, 7) is 3.80. The second-order valence-electron chi connectivity index (χ2n) is 5.12. The van der Waals surface area contributed by atoms with Gasteiger partial charge in [0.25, 0.3) is 9.05 Å². The molecule has 20 heavy (non-hydrogen) atoms. The lowest BCUT2D eigenvalue weighted by molar-refractivity contribution is -0.129. The number of nitrogens with zero attached hydrogens (tertiary/aromatic N) is 1. The molecule has 2 heterocycles. The molecule has 1 amide bonds. The third-order valence-electron chi connectivity index (χ3n) is 3.54. The number of rotatable bonds is 5. The molecule has 112 valence electrons. The van der Waals surface area contributed by atoms with Crippen molar-refractivity contribution < 1.29 is 13.2 Å². The van der Waals surface area contributed by atoms with Crippen molar-refractivity contribution in [3.8, 4) is 0 Å². The van der Waals surface area contributed by atoms with Gasteiger partial charge in [0.05, 0.1) is 6.42 Å². The van der Waals surface area contributed by atoms with E-state index in [1.54, 1.807) is 6.07 Å². The highest BCUT2D eigenvalue weighted by atomic mass is 35.7. The quantitative estimate of drug-likeness (QED) is 0.777. The molecule has 4 nitrogen and oxygen atoms in total. The molecule has 1 saturated heterocycles. The molecule has 0 bridgehead atoms. The Morgan fingerprint density at radius 2 is 2.25 bits per heavy atom. The fraction of sp³-hybridized carbons (Fsp3) is 0.615. The summed E-state index contributed by atoms with van der Waals surface area (Å²) in [4.78, 5) is 14.8. The standard InChI is InChI=1S/C13H18ClNO3S2/c1-2-3-10-6-7-15(9-10)12(16)8-11-4-5-13(19-11)20(14,17)18/h4-5,10H,2-3,6-9H2,1H3. The summed E-state index contributed by atoms with van der Waals surface area (Å²) >= 11 is 1.07. The van der Waals surface area contributed by atoms with Crippen LogP contribution in [0.5, 0.6) is 0 Å². The average molecular weight is 336 g/mol. The van der Waals surface area contributed by atoms with Crippen molar-refractivity contribution in [3.05, 3.63) is 17.0 Å². The van der Waals surface area contributed by atoms with Crippen LogP contribution in [0.15, 0.2) is 16.3 Å². The molecule has 1 aromatic rings. The molecule has 2 rings (SSSR count). The Hall–Kier alpha value is -0.590. The van der Waals surface area contributed by atoms with E-state index in [0.29, 0.717) is 5.92 Å². The van der Waals surface area contributed by atoms with Crippen molar-refractivity contribution in [1.82, 2.24) is 4.90 Å². The summed E-state index contributed by atoms with van der Waals surface area (Å²) in [6.07, 6.45) is 3.65. The van der Waals surface area contributed by atoms with E-state index in [-0.39, 0.29) is 16.5 Å². The Labute approximate surface area is 128 Å². The molecule has 1 atom stereocenters. The Morgan fingerprint density at radius 3 is 2.85 bits per heavy atom. The van der Waals surface area contributed by atoms with Crippen molar-refractivity contribution in [1.29, 1.82) is 0 Å². The number of amides is 1. The maximum absolute atomic E-state index is 12.2. The van der Waals surface area contributed by atoms with E-state index in [9.17, 15) is 13.2 Å². The lowest BCUT2D eigenvalue weighted by atomic mass is 10.0. The SMILES string of the molecule is CCCC1CCN(C(=O)Cc2ccc(S(=O)(=O)Cl)s2)C1. The van der Waals surface area contributed by atoms with E-state index in [2.05, 4.69) is 6.92 Å². The first-order valence-electron chi connectivity index (χ1n) is 6.71. The zero-order valence-corrected chi connectivity index (χ0v) is 13.7. The van der Waals surface area contributed by atoms with Crippen LogP contribution in [0.2, 0.25) is 0 Å². The van der Waals surface area contributed by atoms with Gasteiger partial charge in [-0.25, -0.2) is 8.42 Å². The molecule has 0 aliphatic carbocycles. The van der Waals surface area contributed by atoms with Crippen molar-refractivity contribution >= 4 is 37.0 Å². The van der Waals surface area contributed by atoms with Gasteiger partial charge < -0.3 is 4.90 Å². The van der Waals surface area contributed by atoms with Gasteiger partial charge in [0, 0.05) is 28.6 Å². The van der Waals surface area contributed by atoms with Gasteiger partial charge in [-0.1, -0.05) is 13.3 Å². The maximum Gasteiger partial charge on any atom is 0.270 e. The molecular formula is C13H18ClNO3S2. The number of likely N-dealkylation sites (tertiary alicyclic amines) is 1. The molecule has 1 aliphatic heterocycles. The Balaban J connectivity index is 1.94. The van der Waals surface area contributed by atoms with Crippen LogP contribution in [0.4, 0.5) is 0 Å². The summed E-state index contributed by atoms with van der Waals surface area (Å²) in [5.74, 6) is 0.690. The normalized spacial score (nSPS) is 19.5. The van der Waals surface area contributed by atoms with Crippen LogP contribution in [0.1, 0.15) is 31.1 Å². The highest BCUT2D eigenvalue weighted by Crippen LogP contribution is 2.26. The fourth-order valence-electron chi connectivity index (χ4n) is 2.55. The monoisotopic (exact) mass is 335 g/mol. The predicted molar refractivity (Wildman–Crippen MR) is 80.7 cm³/mol. The first-order valence-corrected chi connectivity index (χ1v) is 9.84. The van der Waals surface area contributed by atoms with Crippen LogP contribution in [0, 0.1) is 5.92 Å². The number of carbonyl (C=O) groups is 1. The highest BCUT2D eigenvalue weighted by Gasteiger charge is 2.26. The molecule has 1 aromatic heterocycles. The Kier molecular flexibility index (Phi) is 5.09. The Bertz CT molecular complexity index is 582. The molecule has 0 saturated carbocycles.